The minimum Gasteiger partial charge on any atom is -0.507 e. The van der Waals surface area contributed by atoms with E-state index in [9.17, 15) is 14.7 Å². The van der Waals surface area contributed by atoms with E-state index < -0.39 is 5.97 Å². The van der Waals surface area contributed by atoms with E-state index in [2.05, 4.69) is 5.32 Å². The molecule has 0 aliphatic heterocycles. The van der Waals surface area contributed by atoms with Crippen molar-refractivity contribution < 1.29 is 19.8 Å². The van der Waals surface area contributed by atoms with Crippen molar-refractivity contribution >= 4 is 28.5 Å². The van der Waals surface area contributed by atoms with Gasteiger partial charge in [-0.05, 0) is 52.8 Å². The summed E-state index contributed by atoms with van der Waals surface area (Å²) in [5.41, 5.74) is 4.72. The number of para-hydroxylation sites is 2. The summed E-state index contributed by atoms with van der Waals surface area (Å²) in [5, 5.41) is 31.8. The lowest BCUT2D eigenvalue weighted by Crippen LogP contribution is -2.28. The number of carbonyl (C=O) groups excluding carboxylic acids is 1. The Bertz CT molecular complexity index is 1600. The summed E-state index contributed by atoms with van der Waals surface area (Å²) in [6.45, 7) is 12.3. The SMILES string of the molecule is CC(C)(C)c1cc(C(=O)Cn2c(=N)n(Cc3ccc(NCC(=O)O)cc3)c3ccccc32)cc(C(C)(C)C)c1O. The van der Waals surface area contributed by atoms with Gasteiger partial charge in [-0.1, -0.05) is 65.8 Å². The number of Topliss-reactive ketones (excluding diaryl/α,β-unsaturated/α-hetero) is 1. The normalized spacial score (nSPS) is 12.1. The zero-order valence-electron chi connectivity index (χ0n) is 24.0. The molecule has 0 aliphatic carbocycles. The first-order valence-electron chi connectivity index (χ1n) is 13.3. The maximum Gasteiger partial charge on any atom is 0.322 e. The number of benzene rings is 3. The molecule has 0 amide bonds. The van der Waals surface area contributed by atoms with Crippen molar-refractivity contribution in [3.63, 3.8) is 0 Å². The Morgan fingerprint density at radius 1 is 0.850 bits per heavy atom. The lowest BCUT2D eigenvalue weighted by Gasteiger charge is -2.28. The second-order valence-corrected chi connectivity index (χ2v) is 12.3. The van der Waals surface area contributed by atoms with Crippen molar-refractivity contribution in [3.8, 4) is 5.75 Å². The van der Waals surface area contributed by atoms with Crippen LogP contribution in [0, 0.1) is 5.41 Å². The van der Waals surface area contributed by atoms with Crippen LogP contribution in [0.2, 0.25) is 0 Å². The zero-order valence-corrected chi connectivity index (χ0v) is 24.0. The number of imidazole rings is 1. The number of ketones is 1. The largest absolute Gasteiger partial charge is 0.507 e. The monoisotopic (exact) mass is 542 g/mol. The topological polar surface area (TPSA) is 120 Å². The van der Waals surface area contributed by atoms with E-state index in [1.807, 2.05) is 94.6 Å². The number of anilines is 1. The first kappa shape index (κ1) is 28.7. The van der Waals surface area contributed by atoms with Gasteiger partial charge >= 0.3 is 5.97 Å². The number of nitrogens with zero attached hydrogens (tertiary/aromatic N) is 2. The molecule has 0 spiro atoms. The molecule has 0 unspecified atom stereocenters. The zero-order chi connectivity index (χ0) is 29.4. The Balaban J connectivity index is 1.71. The third kappa shape index (κ3) is 5.96. The van der Waals surface area contributed by atoms with Crippen molar-refractivity contribution in [3.05, 3.63) is 88.5 Å². The molecule has 8 nitrogen and oxygen atoms in total. The summed E-state index contributed by atoms with van der Waals surface area (Å²) < 4.78 is 3.58. The summed E-state index contributed by atoms with van der Waals surface area (Å²) in [4.78, 5) is 24.6. The van der Waals surface area contributed by atoms with Gasteiger partial charge in [0.15, 0.2) is 5.78 Å². The van der Waals surface area contributed by atoms with Crippen molar-refractivity contribution in [2.24, 2.45) is 0 Å². The number of aromatic nitrogens is 2. The van der Waals surface area contributed by atoms with Gasteiger partial charge in [0.2, 0.25) is 5.62 Å². The molecule has 0 radical (unpaired) electrons. The van der Waals surface area contributed by atoms with Crippen LogP contribution in [0.4, 0.5) is 5.69 Å². The van der Waals surface area contributed by atoms with Crippen molar-refractivity contribution in [2.45, 2.75) is 65.5 Å². The third-order valence-corrected chi connectivity index (χ3v) is 7.06. The van der Waals surface area contributed by atoms with Gasteiger partial charge in [-0.3, -0.25) is 15.0 Å². The van der Waals surface area contributed by atoms with Crippen LogP contribution in [0.1, 0.15) is 68.6 Å². The molecule has 0 fully saturated rings. The molecule has 0 aliphatic rings. The van der Waals surface area contributed by atoms with Gasteiger partial charge in [-0.15, -0.1) is 0 Å². The number of carbonyl (C=O) groups is 2. The molecule has 1 aromatic heterocycles. The average molecular weight is 543 g/mol. The Morgan fingerprint density at radius 2 is 1.38 bits per heavy atom. The second kappa shape index (κ2) is 10.7. The summed E-state index contributed by atoms with van der Waals surface area (Å²) in [5.74, 6) is -0.838. The van der Waals surface area contributed by atoms with Crippen LogP contribution in [0.5, 0.6) is 5.75 Å². The molecule has 4 rings (SSSR count). The van der Waals surface area contributed by atoms with Crippen LogP contribution in [0.3, 0.4) is 0 Å². The van der Waals surface area contributed by atoms with Gasteiger partial charge in [0.25, 0.3) is 0 Å². The summed E-state index contributed by atoms with van der Waals surface area (Å²) in [7, 11) is 0. The highest BCUT2D eigenvalue weighted by Crippen LogP contribution is 2.40. The Hall–Kier alpha value is -4.33. The van der Waals surface area contributed by atoms with Crippen LogP contribution in [0.25, 0.3) is 11.0 Å². The molecule has 1 heterocycles. The van der Waals surface area contributed by atoms with Gasteiger partial charge in [0.05, 0.1) is 24.1 Å². The number of carboxylic acids is 1. The predicted octanol–water partition coefficient (Wildman–Crippen LogP) is 5.65. The number of aromatic hydroxyl groups is 1. The first-order valence-corrected chi connectivity index (χ1v) is 13.3. The molecule has 210 valence electrons. The molecule has 4 aromatic rings. The molecule has 8 heteroatoms. The fourth-order valence-electron chi connectivity index (χ4n) is 4.88. The number of carboxylic acid groups (broad SMARTS) is 1. The van der Waals surface area contributed by atoms with Crippen molar-refractivity contribution in [1.82, 2.24) is 9.13 Å². The van der Waals surface area contributed by atoms with Crippen LogP contribution in [0.15, 0.2) is 60.7 Å². The third-order valence-electron chi connectivity index (χ3n) is 7.06. The van der Waals surface area contributed by atoms with E-state index in [-0.39, 0.29) is 41.1 Å². The van der Waals surface area contributed by atoms with Crippen molar-refractivity contribution in [1.29, 1.82) is 5.41 Å². The fraction of sp³-hybridized carbons (Fsp3) is 0.344. The van der Waals surface area contributed by atoms with Crippen LogP contribution >= 0.6 is 0 Å². The van der Waals surface area contributed by atoms with E-state index in [0.29, 0.717) is 17.8 Å². The molecule has 4 N–H and O–H groups in total. The number of phenolic OH excluding ortho intramolecular Hbond substituents is 1. The fourth-order valence-corrected chi connectivity index (χ4v) is 4.88. The molecule has 0 saturated heterocycles. The van der Waals surface area contributed by atoms with Gasteiger partial charge in [-0.25, -0.2) is 0 Å². The van der Waals surface area contributed by atoms with Gasteiger partial charge < -0.3 is 24.7 Å². The van der Waals surface area contributed by atoms with E-state index in [0.717, 1.165) is 27.7 Å². The predicted molar refractivity (Wildman–Crippen MR) is 157 cm³/mol. The van der Waals surface area contributed by atoms with E-state index >= 15 is 0 Å². The van der Waals surface area contributed by atoms with Crippen molar-refractivity contribution in [2.75, 3.05) is 11.9 Å². The number of hydrogen-bond donors (Lipinski definition) is 4. The standard InChI is InChI=1S/C32H38N4O4/c1-31(2,3)23-15-21(16-24(29(23)40)32(4,5)6)27(37)19-36-26-10-8-7-9-25(26)35(30(36)33)18-20-11-13-22(14-12-20)34-17-28(38)39/h7-16,33-34,40H,17-19H2,1-6H3,(H,38,39). The van der Waals surface area contributed by atoms with Crippen LogP contribution in [-0.4, -0.2) is 37.6 Å². The minimum absolute atomic E-state index is 0.0116. The number of aliphatic carboxylic acids is 1. The maximum atomic E-state index is 13.8. The summed E-state index contributed by atoms with van der Waals surface area (Å²) in [6, 6.07) is 18.7. The highest BCUT2D eigenvalue weighted by molar-refractivity contribution is 5.97. The number of fused-ring (bicyclic) bond motifs is 1. The summed E-state index contributed by atoms with van der Waals surface area (Å²) in [6.07, 6.45) is 0. The molecular formula is C32H38N4O4. The van der Waals surface area contributed by atoms with E-state index in [1.165, 1.54) is 0 Å². The molecule has 0 bridgehead atoms. The summed E-state index contributed by atoms with van der Waals surface area (Å²) >= 11 is 0. The number of rotatable bonds is 8. The highest BCUT2D eigenvalue weighted by atomic mass is 16.4. The lowest BCUT2D eigenvalue weighted by molar-refractivity contribution is -0.134. The number of phenols is 1. The van der Waals surface area contributed by atoms with Gasteiger partial charge in [0, 0.05) is 22.4 Å². The molecule has 3 aromatic carbocycles. The molecular weight excluding hydrogens is 504 g/mol. The number of nitrogens with one attached hydrogen (secondary N) is 2. The van der Waals surface area contributed by atoms with Crippen LogP contribution < -0.4 is 10.9 Å². The second-order valence-electron chi connectivity index (χ2n) is 12.3. The van der Waals surface area contributed by atoms with Crippen LogP contribution in [-0.2, 0) is 28.7 Å². The highest BCUT2D eigenvalue weighted by Gasteiger charge is 2.28. The van der Waals surface area contributed by atoms with Gasteiger partial charge in [0.1, 0.15) is 12.3 Å². The molecule has 40 heavy (non-hydrogen) atoms. The van der Waals surface area contributed by atoms with Gasteiger partial charge in [-0.2, -0.15) is 0 Å². The smallest absolute Gasteiger partial charge is 0.322 e. The number of hydrogen-bond acceptors (Lipinski definition) is 5. The van der Waals surface area contributed by atoms with E-state index in [1.54, 1.807) is 16.7 Å². The minimum atomic E-state index is -0.933. The maximum absolute atomic E-state index is 13.8. The lowest BCUT2D eigenvalue weighted by atomic mass is 9.78. The molecule has 0 saturated carbocycles. The van der Waals surface area contributed by atoms with E-state index in [4.69, 9.17) is 10.5 Å². The Labute approximate surface area is 234 Å². The quantitative estimate of drug-likeness (QED) is 0.215. The Kier molecular flexibility index (Phi) is 7.65. The average Bonchev–Trinajstić information content (AvgIpc) is 3.13. The Morgan fingerprint density at radius 3 is 1.88 bits per heavy atom. The first-order chi connectivity index (χ1) is 18.7. The molecule has 0 atom stereocenters.